The standard InChI is InChI=1S/C43H50Cl2N6O6S2/c1-23(5-18-35(52)55-4)31-16-17-32-30-15-10-26-21-29(56-40(53)46-38-50-48-36(58-38)24-6-11-27(44)12-7-24)19-20-42(26,2)33(30)22-34(43(31,32)3)57-41(54)47-39-51-49-37(59-39)25-8-13-28(45)14-9-25/h6-9,11-14,23,26,29-34H,5,10,15-22H2,1-4H3,(H,46,50,53)(H,47,51,54)/t23-,26-,29-,30+,31-,32+,33+,34+,42+,43-/m1/s1. The Morgan fingerprint density at radius 1 is 0.780 bits per heavy atom. The van der Waals surface area contributed by atoms with Crippen molar-refractivity contribution in [2.24, 2.45) is 46.3 Å². The predicted molar refractivity (Wildman–Crippen MR) is 230 cm³/mol. The van der Waals surface area contributed by atoms with E-state index in [9.17, 15) is 14.4 Å². The van der Waals surface area contributed by atoms with Gasteiger partial charge in [-0.2, -0.15) is 0 Å². The van der Waals surface area contributed by atoms with Crippen molar-refractivity contribution in [2.75, 3.05) is 17.7 Å². The fourth-order valence-corrected chi connectivity index (χ4v) is 13.2. The summed E-state index contributed by atoms with van der Waals surface area (Å²) in [5.41, 5.74) is 1.45. The van der Waals surface area contributed by atoms with Crippen LogP contribution in [-0.2, 0) is 19.0 Å². The van der Waals surface area contributed by atoms with E-state index in [1.54, 1.807) is 24.3 Å². The smallest absolute Gasteiger partial charge is 0.413 e. The van der Waals surface area contributed by atoms with E-state index >= 15 is 0 Å². The molecule has 16 heteroatoms. The summed E-state index contributed by atoms with van der Waals surface area (Å²) < 4.78 is 17.6. The van der Waals surface area contributed by atoms with Crippen LogP contribution in [0.5, 0.6) is 0 Å². The second-order valence-corrected chi connectivity index (χ2v) is 20.1. The first-order valence-electron chi connectivity index (χ1n) is 20.5. The zero-order valence-corrected chi connectivity index (χ0v) is 36.8. The van der Waals surface area contributed by atoms with Gasteiger partial charge in [0, 0.05) is 33.0 Å². The number of benzene rings is 2. The summed E-state index contributed by atoms with van der Waals surface area (Å²) >= 11 is 14.7. The van der Waals surface area contributed by atoms with E-state index in [4.69, 9.17) is 37.4 Å². The largest absolute Gasteiger partial charge is 0.469 e. The highest BCUT2D eigenvalue weighted by Crippen LogP contribution is 2.69. The molecule has 2 aromatic heterocycles. The molecule has 4 aliphatic carbocycles. The molecule has 0 aliphatic heterocycles. The maximum atomic E-state index is 13.9. The van der Waals surface area contributed by atoms with Gasteiger partial charge in [0.1, 0.15) is 22.2 Å². The van der Waals surface area contributed by atoms with Crippen LogP contribution in [0.15, 0.2) is 48.5 Å². The number of methoxy groups -OCH3 is 1. The molecular formula is C43H50Cl2N6O6S2. The molecule has 0 bridgehead atoms. The lowest BCUT2D eigenvalue weighted by atomic mass is 9.43. The average molecular weight is 882 g/mol. The van der Waals surface area contributed by atoms with E-state index in [1.807, 2.05) is 24.3 Å². The van der Waals surface area contributed by atoms with Crippen molar-refractivity contribution < 1.29 is 28.6 Å². The number of hydrogen-bond acceptors (Lipinski definition) is 12. The number of carbonyl (C=O) groups is 3. The first-order valence-corrected chi connectivity index (χ1v) is 22.9. The van der Waals surface area contributed by atoms with E-state index in [1.165, 1.54) is 29.8 Å². The summed E-state index contributed by atoms with van der Waals surface area (Å²) in [5.74, 6) is 1.86. The molecule has 2 aromatic carbocycles. The maximum absolute atomic E-state index is 13.9. The normalized spacial score (nSPS) is 30.2. The Labute approximate surface area is 362 Å². The lowest BCUT2D eigenvalue weighted by molar-refractivity contribution is -0.174. The Morgan fingerprint density at radius 3 is 1.97 bits per heavy atom. The Bertz CT molecular complexity index is 2150. The zero-order valence-electron chi connectivity index (χ0n) is 33.6. The minimum absolute atomic E-state index is 0.00727. The van der Waals surface area contributed by atoms with Crippen molar-refractivity contribution in [3.8, 4) is 21.1 Å². The third-order valence-electron chi connectivity index (χ3n) is 14.5. The third kappa shape index (κ3) is 8.56. The second-order valence-electron chi connectivity index (χ2n) is 17.3. The summed E-state index contributed by atoms with van der Waals surface area (Å²) in [6, 6.07) is 14.7. The summed E-state index contributed by atoms with van der Waals surface area (Å²) in [4.78, 5) is 39.2. The Morgan fingerprint density at radius 2 is 1.37 bits per heavy atom. The van der Waals surface area contributed by atoms with Gasteiger partial charge in [-0.1, -0.05) is 90.9 Å². The van der Waals surface area contributed by atoms with Crippen LogP contribution in [-0.4, -0.2) is 57.9 Å². The zero-order chi connectivity index (χ0) is 41.5. The SMILES string of the molecule is COC(=O)CC[C@@H](C)[C@H]1CC[C@H]2[C@@H]3CC[C@@H]4C[C@H](OC(=O)Nc5nnc(-c6ccc(Cl)cc6)s5)CC[C@]4(C)[C@H]3C[C@H](OC(=O)Nc3nnc(-c4ccc(Cl)cc4)s3)[C@]12C. The van der Waals surface area contributed by atoms with Crippen LogP contribution >= 0.6 is 45.9 Å². The number of esters is 1. The predicted octanol–water partition coefficient (Wildman–Crippen LogP) is 11.4. The number of nitrogens with one attached hydrogen (secondary N) is 2. The van der Waals surface area contributed by atoms with Crippen LogP contribution in [0.2, 0.25) is 10.0 Å². The highest BCUT2D eigenvalue weighted by atomic mass is 35.5. The van der Waals surface area contributed by atoms with E-state index in [-0.39, 0.29) is 40.8 Å². The number of ether oxygens (including phenoxy) is 3. The van der Waals surface area contributed by atoms with Crippen LogP contribution in [0, 0.1) is 46.3 Å². The monoisotopic (exact) mass is 880 g/mol. The molecule has 0 radical (unpaired) electrons. The molecule has 4 fully saturated rings. The van der Waals surface area contributed by atoms with E-state index < -0.39 is 12.2 Å². The van der Waals surface area contributed by atoms with Crippen LogP contribution in [0.3, 0.4) is 0 Å². The van der Waals surface area contributed by atoms with Gasteiger partial charge in [0.2, 0.25) is 10.3 Å². The molecule has 2 heterocycles. The van der Waals surface area contributed by atoms with Gasteiger partial charge >= 0.3 is 18.2 Å². The lowest BCUT2D eigenvalue weighted by Crippen LogP contribution is -2.60. The van der Waals surface area contributed by atoms with Gasteiger partial charge in [0.15, 0.2) is 0 Å². The minimum Gasteiger partial charge on any atom is -0.469 e. The summed E-state index contributed by atoms with van der Waals surface area (Å²) in [5, 5.41) is 26.0. The molecule has 12 nitrogen and oxygen atoms in total. The fraction of sp³-hybridized carbons (Fsp3) is 0.558. The summed E-state index contributed by atoms with van der Waals surface area (Å²) in [6.07, 6.45) is 6.93. The van der Waals surface area contributed by atoms with Crippen molar-refractivity contribution in [3.05, 3.63) is 58.6 Å². The van der Waals surface area contributed by atoms with Crippen molar-refractivity contribution in [1.29, 1.82) is 0 Å². The van der Waals surface area contributed by atoms with Gasteiger partial charge in [-0.25, -0.2) is 9.59 Å². The number of nitrogens with zero attached hydrogens (tertiary/aromatic N) is 4. The molecule has 0 spiro atoms. The Kier molecular flexibility index (Phi) is 12.2. The van der Waals surface area contributed by atoms with Crippen molar-refractivity contribution >= 4 is 74.3 Å². The van der Waals surface area contributed by atoms with Crippen LogP contribution in [0.4, 0.5) is 19.9 Å². The highest BCUT2D eigenvalue weighted by molar-refractivity contribution is 7.19. The lowest BCUT2D eigenvalue weighted by Gasteiger charge is -2.62. The number of fused-ring (bicyclic) bond motifs is 5. The number of amides is 2. The Hall–Kier alpha value is -3.85. The molecule has 4 aromatic rings. The number of carbonyl (C=O) groups excluding carboxylic acids is 3. The first kappa shape index (κ1) is 41.9. The second kappa shape index (κ2) is 17.3. The number of aromatic nitrogens is 4. The van der Waals surface area contributed by atoms with Crippen molar-refractivity contribution in [2.45, 2.75) is 97.2 Å². The van der Waals surface area contributed by atoms with Crippen LogP contribution in [0.1, 0.15) is 85.0 Å². The number of rotatable bonds is 10. The molecule has 0 unspecified atom stereocenters. The Balaban J connectivity index is 0.964. The molecule has 10 atom stereocenters. The molecule has 2 amide bonds. The molecule has 0 saturated heterocycles. The van der Waals surface area contributed by atoms with Gasteiger partial charge in [-0.3, -0.25) is 15.4 Å². The molecular weight excluding hydrogens is 832 g/mol. The molecule has 59 heavy (non-hydrogen) atoms. The van der Waals surface area contributed by atoms with E-state index in [2.05, 4.69) is 51.8 Å². The van der Waals surface area contributed by atoms with Gasteiger partial charge in [-0.05, 0) is 123 Å². The van der Waals surface area contributed by atoms with E-state index in [0.717, 1.165) is 68.9 Å². The summed E-state index contributed by atoms with van der Waals surface area (Å²) in [7, 11) is 1.44. The van der Waals surface area contributed by atoms with Gasteiger partial charge in [0.05, 0.1) is 7.11 Å². The maximum Gasteiger partial charge on any atom is 0.413 e. The van der Waals surface area contributed by atoms with Crippen molar-refractivity contribution in [1.82, 2.24) is 20.4 Å². The topological polar surface area (TPSA) is 155 Å². The molecule has 314 valence electrons. The number of halogens is 2. The quantitative estimate of drug-likeness (QED) is 0.116. The van der Waals surface area contributed by atoms with Crippen LogP contribution < -0.4 is 10.6 Å². The third-order valence-corrected chi connectivity index (χ3v) is 16.7. The van der Waals surface area contributed by atoms with Gasteiger partial charge in [-0.15, -0.1) is 20.4 Å². The number of hydrogen-bond donors (Lipinski definition) is 2. The van der Waals surface area contributed by atoms with Crippen molar-refractivity contribution in [3.63, 3.8) is 0 Å². The minimum atomic E-state index is -0.531. The molecule has 8 rings (SSSR count). The van der Waals surface area contributed by atoms with Gasteiger partial charge in [0.25, 0.3) is 0 Å². The number of anilines is 2. The molecule has 4 aliphatic rings. The fourth-order valence-electron chi connectivity index (χ4n) is 11.5. The highest BCUT2D eigenvalue weighted by Gasteiger charge is 2.65. The van der Waals surface area contributed by atoms with Gasteiger partial charge < -0.3 is 14.2 Å². The van der Waals surface area contributed by atoms with Crippen LogP contribution in [0.25, 0.3) is 21.1 Å². The molecule has 2 N–H and O–H groups in total. The average Bonchev–Trinajstić information content (AvgIpc) is 3.97. The van der Waals surface area contributed by atoms with E-state index in [0.29, 0.717) is 60.4 Å². The summed E-state index contributed by atoms with van der Waals surface area (Å²) in [6.45, 7) is 7.01. The molecule has 4 saturated carbocycles. The first-order chi connectivity index (χ1) is 28.3.